The van der Waals surface area contributed by atoms with Crippen LogP contribution < -0.4 is 26.6 Å². The number of nitrogens with zero attached hydrogens (tertiary/aromatic N) is 3. The molecule has 168 valence electrons. The number of nitrogens with one attached hydrogen (secondary N) is 3. The lowest BCUT2D eigenvalue weighted by Crippen LogP contribution is -2.41. The van der Waals surface area contributed by atoms with Crippen LogP contribution >= 0.6 is 0 Å². The molecule has 0 bridgehead atoms. The molecule has 0 fully saturated rings. The summed E-state index contributed by atoms with van der Waals surface area (Å²) in [6.45, 7) is 8.24. The topological polar surface area (TPSA) is 125 Å². The zero-order chi connectivity index (χ0) is 23.1. The van der Waals surface area contributed by atoms with Crippen molar-refractivity contribution >= 4 is 29.1 Å². The number of anilines is 3. The molecule has 1 atom stereocenters. The first-order valence-electron chi connectivity index (χ1n) is 10.4. The molecule has 5 N–H and O–H groups in total. The van der Waals surface area contributed by atoms with Gasteiger partial charge in [0.25, 0.3) is 5.91 Å². The number of hydrogen-bond donors (Lipinski definition) is 4. The van der Waals surface area contributed by atoms with Crippen molar-refractivity contribution in [3.05, 3.63) is 41.2 Å². The van der Waals surface area contributed by atoms with E-state index in [0.717, 1.165) is 11.3 Å². The van der Waals surface area contributed by atoms with Gasteiger partial charge in [0.05, 0.1) is 11.7 Å². The van der Waals surface area contributed by atoms with Gasteiger partial charge in [-0.05, 0) is 58.9 Å². The zero-order valence-electron chi connectivity index (χ0n) is 19.1. The minimum atomic E-state index is -0.644. The molecule has 2 rings (SSSR count). The van der Waals surface area contributed by atoms with Crippen LogP contribution in [0.1, 0.15) is 42.5 Å². The van der Waals surface area contributed by atoms with Crippen molar-refractivity contribution in [3.63, 3.8) is 0 Å². The molecule has 31 heavy (non-hydrogen) atoms. The first-order chi connectivity index (χ1) is 14.6. The van der Waals surface area contributed by atoms with Crippen molar-refractivity contribution in [1.29, 1.82) is 0 Å². The molecule has 1 aromatic carbocycles. The van der Waals surface area contributed by atoms with Gasteiger partial charge in [-0.2, -0.15) is 0 Å². The average Bonchev–Trinajstić information content (AvgIpc) is 2.73. The highest BCUT2D eigenvalue weighted by molar-refractivity contribution is 5.96. The van der Waals surface area contributed by atoms with Crippen LogP contribution in [0.2, 0.25) is 0 Å². The molecule has 1 aromatic heterocycles. The van der Waals surface area contributed by atoms with Gasteiger partial charge in [-0.15, -0.1) is 0 Å². The van der Waals surface area contributed by atoms with Gasteiger partial charge in [0.2, 0.25) is 5.91 Å². The average molecular weight is 428 g/mol. The quantitative estimate of drug-likeness (QED) is 0.455. The summed E-state index contributed by atoms with van der Waals surface area (Å²) in [5, 5.41) is 9.00. The van der Waals surface area contributed by atoms with Crippen molar-refractivity contribution in [2.45, 2.75) is 46.2 Å². The molecule has 1 heterocycles. The van der Waals surface area contributed by atoms with E-state index in [0.29, 0.717) is 30.3 Å². The SMILES string of the molecule is CN[C@@H](C)C(=O)NCCc1cccc(Nc2nc(N(C)C(C)C)c(C)nc2C(N)=O)c1. The Labute approximate surface area is 183 Å². The molecule has 2 amide bonds. The van der Waals surface area contributed by atoms with Gasteiger partial charge in [0, 0.05) is 25.3 Å². The largest absolute Gasteiger partial charge is 0.364 e. The number of hydrogen-bond acceptors (Lipinski definition) is 7. The highest BCUT2D eigenvalue weighted by atomic mass is 16.2. The number of likely N-dealkylation sites (N-methyl/N-ethyl adjacent to an activating group) is 1. The first-order valence-corrected chi connectivity index (χ1v) is 10.4. The van der Waals surface area contributed by atoms with Gasteiger partial charge >= 0.3 is 0 Å². The Bertz CT molecular complexity index is 930. The van der Waals surface area contributed by atoms with E-state index in [1.807, 2.05) is 43.1 Å². The minimum absolute atomic E-state index is 0.0420. The Morgan fingerprint density at radius 3 is 2.52 bits per heavy atom. The Kier molecular flexibility index (Phi) is 8.32. The molecule has 0 saturated carbocycles. The summed E-state index contributed by atoms with van der Waals surface area (Å²) in [6.07, 6.45) is 0.668. The first kappa shape index (κ1) is 24.1. The maximum Gasteiger partial charge on any atom is 0.271 e. The van der Waals surface area contributed by atoms with Gasteiger partial charge in [-0.1, -0.05) is 12.1 Å². The number of carbonyl (C=O) groups excluding carboxylic acids is 2. The van der Waals surface area contributed by atoms with E-state index in [1.54, 1.807) is 14.0 Å². The Balaban J connectivity index is 2.21. The number of primary amides is 1. The molecule has 9 nitrogen and oxygen atoms in total. The predicted octanol–water partition coefficient (Wildman–Crippen LogP) is 1.74. The lowest BCUT2D eigenvalue weighted by atomic mass is 10.1. The molecule has 0 aliphatic carbocycles. The third-order valence-corrected chi connectivity index (χ3v) is 5.12. The van der Waals surface area contributed by atoms with Crippen molar-refractivity contribution in [1.82, 2.24) is 20.6 Å². The summed E-state index contributed by atoms with van der Waals surface area (Å²) in [5.74, 6) is 0.308. The van der Waals surface area contributed by atoms with E-state index in [2.05, 4.69) is 39.8 Å². The number of nitrogens with two attached hydrogens (primary N) is 1. The number of aromatic nitrogens is 2. The maximum absolute atomic E-state index is 12.0. The van der Waals surface area contributed by atoms with Crippen molar-refractivity contribution in [2.75, 3.05) is 30.9 Å². The fourth-order valence-electron chi connectivity index (χ4n) is 2.90. The minimum Gasteiger partial charge on any atom is -0.364 e. The Hall–Kier alpha value is -3.20. The second kappa shape index (κ2) is 10.7. The summed E-state index contributed by atoms with van der Waals surface area (Å²) < 4.78 is 0. The number of amides is 2. The van der Waals surface area contributed by atoms with Crippen LogP contribution in [-0.2, 0) is 11.2 Å². The molecule has 2 aromatic rings. The number of aryl methyl sites for hydroxylation is 1. The van der Waals surface area contributed by atoms with Crippen LogP contribution in [0.4, 0.5) is 17.3 Å². The second-order valence-electron chi connectivity index (χ2n) is 7.78. The molecular formula is C22H33N7O2. The molecule has 0 aliphatic heterocycles. The van der Waals surface area contributed by atoms with Gasteiger partial charge in [-0.25, -0.2) is 9.97 Å². The van der Waals surface area contributed by atoms with Gasteiger partial charge in [0.1, 0.15) is 0 Å². The lowest BCUT2D eigenvalue weighted by molar-refractivity contribution is -0.122. The lowest BCUT2D eigenvalue weighted by Gasteiger charge is -2.25. The Morgan fingerprint density at radius 2 is 1.90 bits per heavy atom. The van der Waals surface area contributed by atoms with E-state index in [-0.39, 0.29) is 23.7 Å². The third kappa shape index (κ3) is 6.39. The summed E-state index contributed by atoms with van der Waals surface area (Å²) in [4.78, 5) is 34.9. The molecule has 0 radical (unpaired) electrons. The number of rotatable bonds is 10. The maximum atomic E-state index is 12.0. The van der Waals surface area contributed by atoms with E-state index >= 15 is 0 Å². The van der Waals surface area contributed by atoms with Gasteiger partial charge in [-0.3, -0.25) is 9.59 Å². The Morgan fingerprint density at radius 1 is 1.19 bits per heavy atom. The number of benzene rings is 1. The highest BCUT2D eigenvalue weighted by Crippen LogP contribution is 2.24. The van der Waals surface area contributed by atoms with Crippen LogP contribution in [0.5, 0.6) is 0 Å². The summed E-state index contributed by atoms with van der Waals surface area (Å²) in [6, 6.07) is 7.69. The summed E-state index contributed by atoms with van der Waals surface area (Å²) in [7, 11) is 3.68. The predicted molar refractivity (Wildman–Crippen MR) is 124 cm³/mol. The summed E-state index contributed by atoms with van der Waals surface area (Å²) >= 11 is 0. The van der Waals surface area contributed by atoms with Crippen molar-refractivity contribution < 1.29 is 9.59 Å². The van der Waals surface area contributed by atoms with Crippen LogP contribution in [0.3, 0.4) is 0 Å². The molecule has 9 heteroatoms. The molecular weight excluding hydrogens is 394 g/mol. The van der Waals surface area contributed by atoms with Crippen LogP contribution in [0.25, 0.3) is 0 Å². The molecule has 0 spiro atoms. The van der Waals surface area contributed by atoms with Crippen molar-refractivity contribution in [2.24, 2.45) is 5.73 Å². The molecule has 0 aliphatic rings. The van der Waals surface area contributed by atoms with E-state index in [1.165, 1.54) is 0 Å². The monoisotopic (exact) mass is 427 g/mol. The van der Waals surface area contributed by atoms with Crippen LogP contribution in [0.15, 0.2) is 24.3 Å². The van der Waals surface area contributed by atoms with Crippen molar-refractivity contribution in [3.8, 4) is 0 Å². The van der Waals surface area contributed by atoms with E-state index in [4.69, 9.17) is 5.73 Å². The zero-order valence-corrected chi connectivity index (χ0v) is 19.1. The highest BCUT2D eigenvalue weighted by Gasteiger charge is 2.19. The molecule has 0 saturated heterocycles. The van der Waals surface area contributed by atoms with Gasteiger partial charge in [0.15, 0.2) is 17.3 Å². The third-order valence-electron chi connectivity index (χ3n) is 5.12. The van der Waals surface area contributed by atoms with Crippen LogP contribution in [0, 0.1) is 6.92 Å². The fraction of sp³-hybridized carbons (Fsp3) is 0.455. The van der Waals surface area contributed by atoms with Gasteiger partial charge < -0.3 is 26.6 Å². The smallest absolute Gasteiger partial charge is 0.271 e. The van der Waals surface area contributed by atoms with Crippen LogP contribution in [-0.4, -0.2) is 54.5 Å². The fourth-order valence-corrected chi connectivity index (χ4v) is 2.90. The standard InChI is InChI=1S/C22H33N7O2/c1-13(2)29(6)21-14(3)26-18(19(23)30)20(28-21)27-17-9-7-8-16(12-17)10-11-25-22(31)15(4)24-5/h7-9,12-13,15,24H,10-11H2,1-6H3,(H2,23,30)(H,25,31)(H,27,28)/t15-/m0/s1. The van der Waals surface area contributed by atoms with E-state index in [9.17, 15) is 9.59 Å². The number of carbonyl (C=O) groups is 2. The molecule has 0 unspecified atom stereocenters. The summed E-state index contributed by atoms with van der Waals surface area (Å²) in [5.41, 5.74) is 8.06. The normalized spacial score (nSPS) is 11.8. The van der Waals surface area contributed by atoms with E-state index < -0.39 is 5.91 Å². The second-order valence-corrected chi connectivity index (χ2v) is 7.78.